The summed E-state index contributed by atoms with van der Waals surface area (Å²) in [6.45, 7) is 0. The first-order valence-corrected chi connectivity index (χ1v) is 6.26. The average Bonchev–Trinajstić information content (AvgIpc) is 2.41. The molecule has 5 nitrogen and oxygen atoms in total. The van der Waals surface area contributed by atoms with Crippen LogP contribution in [0.2, 0.25) is 5.02 Å². The number of rotatable bonds is 2. The largest absolute Gasteiger partial charge is 0.326 e. The van der Waals surface area contributed by atoms with Gasteiger partial charge in [0.1, 0.15) is 0 Å². The lowest BCUT2D eigenvalue weighted by Crippen LogP contribution is -2.18. The number of halogens is 1. The Labute approximate surface area is 115 Å². The summed E-state index contributed by atoms with van der Waals surface area (Å²) in [6.07, 6.45) is 4.37. The molecule has 2 N–H and O–H groups in total. The van der Waals surface area contributed by atoms with Crippen LogP contribution in [0.15, 0.2) is 30.6 Å². The van der Waals surface area contributed by atoms with Crippen LogP contribution < -0.4 is 10.6 Å². The molecule has 1 aromatic carbocycles. The topological polar surface area (TPSA) is 66.9 Å². The summed E-state index contributed by atoms with van der Waals surface area (Å²) < 4.78 is 0. The molecule has 0 aliphatic carbocycles. The van der Waals surface area contributed by atoms with Crippen LogP contribution in [0, 0.1) is 0 Å². The van der Waals surface area contributed by atoms with Gasteiger partial charge >= 0.3 is 0 Å². The van der Waals surface area contributed by atoms with E-state index < -0.39 is 0 Å². The highest BCUT2D eigenvalue weighted by Gasteiger charge is 2.14. The number of aromatic nitrogens is 2. The predicted molar refractivity (Wildman–Crippen MR) is 73.7 cm³/mol. The molecule has 0 radical (unpaired) electrons. The van der Waals surface area contributed by atoms with E-state index in [-0.39, 0.29) is 5.91 Å². The molecule has 0 unspecified atom stereocenters. The number of carbonyl (C=O) groups is 1. The van der Waals surface area contributed by atoms with Gasteiger partial charge in [-0.1, -0.05) is 17.7 Å². The summed E-state index contributed by atoms with van der Waals surface area (Å²) in [4.78, 5) is 19.5. The third-order valence-corrected chi connectivity index (χ3v) is 3.08. The molecule has 2 heterocycles. The van der Waals surface area contributed by atoms with Crippen LogP contribution in [-0.4, -0.2) is 15.9 Å². The number of aryl methyl sites for hydroxylation is 1. The number of fused-ring (bicyclic) bond motifs is 1. The maximum atomic E-state index is 11.4. The molecular formula is C13H11ClN4O. The Kier molecular flexibility index (Phi) is 3.05. The first-order chi connectivity index (χ1) is 9.20. The van der Waals surface area contributed by atoms with Crippen molar-refractivity contribution in [2.75, 3.05) is 10.6 Å². The van der Waals surface area contributed by atoms with Gasteiger partial charge in [-0.25, -0.2) is 9.97 Å². The Morgan fingerprint density at radius 1 is 1.21 bits per heavy atom. The third-order valence-electron chi connectivity index (χ3n) is 2.88. The zero-order valence-corrected chi connectivity index (χ0v) is 10.7. The van der Waals surface area contributed by atoms with Gasteiger partial charge in [0.2, 0.25) is 11.9 Å². The molecule has 1 aliphatic rings. The Bertz CT molecular complexity index is 627. The van der Waals surface area contributed by atoms with Crippen molar-refractivity contribution in [2.24, 2.45) is 0 Å². The second-order valence-electron chi connectivity index (χ2n) is 4.27. The molecule has 0 spiro atoms. The van der Waals surface area contributed by atoms with Gasteiger partial charge < -0.3 is 10.6 Å². The number of amides is 1. The van der Waals surface area contributed by atoms with Crippen LogP contribution in [-0.2, 0) is 11.2 Å². The minimum absolute atomic E-state index is 0.0485. The van der Waals surface area contributed by atoms with Gasteiger partial charge in [0.25, 0.3) is 0 Å². The van der Waals surface area contributed by atoms with E-state index in [1.165, 1.54) is 12.4 Å². The van der Waals surface area contributed by atoms with E-state index in [9.17, 15) is 4.79 Å². The van der Waals surface area contributed by atoms with Crippen LogP contribution in [0.4, 0.5) is 17.3 Å². The van der Waals surface area contributed by atoms with Crippen molar-refractivity contribution in [3.8, 4) is 0 Å². The molecule has 19 heavy (non-hydrogen) atoms. The van der Waals surface area contributed by atoms with Crippen molar-refractivity contribution in [3.05, 3.63) is 41.2 Å². The Hall–Kier alpha value is -2.14. The lowest BCUT2D eigenvalue weighted by atomic mass is 10.0. The van der Waals surface area contributed by atoms with Crippen LogP contribution in [0.1, 0.15) is 12.0 Å². The predicted octanol–water partition coefficient (Wildman–Crippen LogP) is 2.76. The minimum Gasteiger partial charge on any atom is -0.326 e. The number of hydrogen-bond donors (Lipinski definition) is 2. The molecule has 6 heteroatoms. The van der Waals surface area contributed by atoms with Gasteiger partial charge in [-0.2, -0.15) is 0 Å². The number of anilines is 3. The van der Waals surface area contributed by atoms with E-state index in [4.69, 9.17) is 11.6 Å². The van der Waals surface area contributed by atoms with E-state index in [0.29, 0.717) is 17.4 Å². The lowest BCUT2D eigenvalue weighted by molar-refractivity contribution is -0.116. The first-order valence-electron chi connectivity index (χ1n) is 5.88. The van der Waals surface area contributed by atoms with Gasteiger partial charge in [-0.05, 0) is 24.1 Å². The van der Waals surface area contributed by atoms with E-state index in [1.807, 2.05) is 18.2 Å². The van der Waals surface area contributed by atoms with Gasteiger partial charge in [0.15, 0.2) is 0 Å². The highest BCUT2D eigenvalue weighted by molar-refractivity contribution is 6.30. The molecule has 1 aromatic heterocycles. The number of nitrogens with one attached hydrogen (secondary N) is 2. The van der Waals surface area contributed by atoms with Crippen molar-refractivity contribution < 1.29 is 4.79 Å². The van der Waals surface area contributed by atoms with Crippen molar-refractivity contribution in [2.45, 2.75) is 12.8 Å². The van der Waals surface area contributed by atoms with E-state index >= 15 is 0 Å². The third kappa shape index (κ3) is 2.66. The zero-order chi connectivity index (χ0) is 13.2. The fraction of sp³-hybridized carbons (Fsp3) is 0.154. The first kappa shape index (κ1) is 11.9. The van der Waals surface area contributed by atoms with Gasteiger partial charge in [0, 0.05) is 17.8 Å². The number of nitrogens with zero attached hydrogens (tertiary/aromatic N) is 2. The quantitative estimate of drug-likeness (QED) is 0.884. The fourth-order valence-electron chi connectivity index (χ4n) is 1.96. The molecule has 0 saturated heterocycles. The molecule has 0 saturated carbocycles. The second kappa shape index (κ2) is 4.85. The van der Waals surface area contributed by atoms with Crippen molar-refractivity contribution in [3.63, 3.8) is 0 Å². The summed E-state index contributed by atoms with van der Waals surface area (Å²) in [7, 11) is 0. The highest BCUT2D eigenvalue weighted by atomic mass is 35.5. The number of benzene rings is 1. The van der Waals surface area contributed by atoms with E-state index in [0.717, 1.165) is 23.4 Å². The Balaban J connectivity index is 1.84. The van der Waals surface area contributed by atoms with Crippen molar-refractivity contribution in [1.82, 2.24) is 9.97 Å². The molecular weight excluding hydrogens is 264 g/mol. The molecule has 1 amide bonds. The zero-order valence-electron chi connectivity index (χ0n) is 9.98. The molecule has 0 bridgehead atoms. The van der Waals surface area contributed by atoms with Crippen molar-refractivity contribution in [1.29, 1.82) is 0 Å². The molecule has 0 fully saturated rings. The maximum Gasteiger partial charge on any atom is 0.227 e. The van der Waals surface area contributed by atoms with Crippen LogP contribution >= 0.6 is 11.6 Å². The standard InChI is InChI=1S/C13H11ClN4O/c14-9-6-15-13(16-7-9)17-10-3-1-8-2-4-12(19)18-11(8)5-10/h1,3,5-7H,2,4H2,(H,18,19)(H,15,16,17). The summed E-state index contributed by atoms with van der Waals surface area (Å²) in [5.74, 6) is 0.513. The Morgan fingerprint density at radius 2 is 2.00 bits per heavy atom. The fourth-order valence-corrected chi connectivity index (χ4v) is 2.05. The van der Waals surface area contributed by atoms with Crippen molar-refractivity contribution >= 4 is 34.8 Å². The van der Waals surface area contributed by atoms with Gasteiger partial charge in [-0.3, -0.25) is 4.79 Å². The average molecular weight is 275 g/mol. The van der Waals surface area contributed by atoms with Crippen LogP contribution in [0.3, 0.4) is 0 Å². The Morgan fingerprint density at radius 3 is 2.79 bits per heavy atom. The smallest absolute Gasteiger partial charge is 0.227 e. The SMILES string of the molecule is O=C1CCc2ccc(Nc3ncc(Cl)cn3)cc2N1. The second-order valence-corrected chi connectivity index (χ2v) is 4.71. The molecule has 0 atom stereocenters. The number of carbonyl (C=O) groups excluding carboxylic acids is 1. The number of hydrogen-bond acceptors (Lipinski definition) is 4. The van der Waals surface area contributed by atoms with E-state index in [2.05, 4.69) is 20.6 Å². The molecule has 96 valence electrons. The van der Waals surface area contributed by atoms with Crippen LogP contribution in [0.5, 0.6) is 0 Å². The summed E-state index contributed by atoms with van der Waals surface area (Å²) in [5, 5.41) is 6.41. The monoisotopic (exact) mass is 274 g/mol. The molecule has 3 rings (SSSR count). The summed E-state index contributed by atoms with van der Waals surface area (Å²) >= 11 is 5.73. The summed E-state index contributed by atoms with van der Waals surface area (Å²) in [6, 6.07) is 5.81. The molecule has 2 aromatic rings. The van der Waals surface area contributed by atoms with Gasteiger partial charge in [0.05, 0.1) is 17.4 Å². The minimum atomic E-state index is 0.0485. The highest BCUT2D eigenvalue weighted by Crippen LogP contribution is 2.26. The lowest BCUT2D eigenvalue weighted by Gasteiger charge is -2.17. The summed E-state index contributed by atoms with van der Waals surface area (Å²) in [5.41, 5.74) is 2.81. The maximum absolute atomic E-state index is 11.4. The van der Waals surface area contributed by atoms with E-state index in [1.54, 1.807) is 0 Å². The van der Waals surface area contributed by atoms with Gasteiger partial charge in [-0.15, -0.1) is 0 Å². The normalized spacial score (nSPS) is 13.6. The molecule has 1 aliphatic heterocycles. The van der Waals surface area contributed by atoms with Crippen LogP contribution in [0.25, 0.3) is 0 Å².